The molecule has 0 amide bonds. The number of aromatic nitrogens is 1. The van der Waals surface area contributed by atoms with Crippen LogP contribution in [0.3, 0.4) is 0 Å². The Hall–Kier alpha value is -1.00. The van der Waals surface area contributed by atoms with Gasteiger partial charge in [-0.05, 0) is 5.92 Å². The van der Waals surface area contributed by atoms with Gasteiger partial charge in [0.1, 0.15) is 6.26 Å². The van der Waals surface area contributed by atoms with Gasteiger partial charge in [0.05, 0.1) is 12.1 Å². The fourth-order valence-corrected chi connectivity index (χ4v) is 1.09. The first-order valence-corrected chi connectivity index (χ1v) is 3.90. The molecule has 0 N–H and O–H groups in total. The van der Waals surface area contributed by atoms with E-state index in [0.29, 0.717) is 5.69 Å². The van der Waals surface area contributed by atoms with Crippen molar-refractivity contribution in [1.29, 1.82) is 0 Å². The van der Waals surface area contributed by atoms with Crippen molar-refractivity contribution in [3.8, 4) is 0 Å². The maximum absolute atomic E-state index is 12.0. The SMILES string of the molecule is CC(C)c1nocc1CC(F)(F)F. The quantitative estimate of drug-likeness (QED) is 0.721. The predicted molar refractivity (Wildman–Crippen MR) is 40.4 cm³/mol. The third-order valence-electron chi connectivity index (χ3n) is 1.61. The fourth-order valence-electron chi connectivity index (χ4n) is 1.09. The number of nitrogens with zero attached hydrogens (tertiary/aromatic N) is 1. The Balaban J connectivity index is 2.83. The Bertz CT molecular complexity index is 277. The van der Waals surface area contributed by atoms with E-state index < -0.39 is 12.6 Å². The maximum atomic E-state index is 12.0. The van der Waals surface area contributed by atoms with Crippen molar-refractivity contribution < 1.29 is 17.7 Å². The summed E-state index contributed by atoms with van der Waals surface area (Å²) in [6, 6.07) is 0. The molecular weight excluding hydrogens is 183 g/mol. The van der Waals surface area contributed by atoms with Gasteiger partial charge in [-0.1, -0.05) is 19.0 Å². The molecule has 1 aromatic rings. The largest absolute Gasteiger partial charge is 0.393 e. The van der Waals surface area contributed by atoms with Crippen molar-refractivity contribution >= 4 is 0 Å². The number of hydrogen-bond acceptors (Lipinski definition) is 2. The van der Waals surface area contributed by atoms with E-state index >= 15 is 0 Å². The molecule has 0 aliphatic rings. The van der Waals surface area contributed by atoms with Crippen LogP contribution in [0.4, 0.5) is 13.2 Å². The van der Waals surface area contributed by atoms with E-state index in [1.54, 1.807) is 13.8 Å². The lowest BCUT2D eigenvalue weighted by Gasteiger charge is -2.06. The molecule has 0 saturated carbocycles. The molecule has 0 unspecified atom stereocenters. The summed E-state index contributed by atoms with van der Waals surface area (Å²) in [6.45, 7) is 3.55. The Morgan fingerprint density at radius 1 is 1.46 bits per heavy atom. The normalized spacial score (nSPS) is 12.5. The van der Waals surface area contributed by atoms with Crippen LogP contribution < -0.4 is 0 Å². The number of halogens is 3. The van der Waals surface area contributed by atoms with Gasteiger partial charge in [-0.15, -0.1) is 0 Å². The van der Waals surface area contributed by atoms with Crippen LogP contribution in [0, 0.1) is 0 Å². The van der Waals surface area contributed by atoms with Gasteiger partial charge in [0, 0.05) is 5.56 Å². The van der Waals surface area contributed by atoms with Crippen LogP contribution in [-0.2, 0) is 6.42 Å². The van der Waals surface area contributed by atoms with Crippen LogP contribution in [0.5, 0.6) is 0 Å². The molecule has 1 rings (SSSR count). The molecule has 0 bridgehead atoms. The van der Waals surface area contributed by atoms with Crippen LogP contribution >= 0.6 is 0 Å². The number of hydrogen-bond donors (Lipinski definition) is 0. The minimum atomic E-state index is -4.20. The second-order valence-electron chi connectivity index (χ2n) is 3.17. The lowest BCUT2D eigenvalue weighted by molar-refractivity contribution is -0.127. The van der Waals surface area contributed by atoms with Gasteiger partial charge in [-0.3, -0.25) is 0 Å². The highest BCUT2D eigenvalue weighted by Crippen LogP contribution is 2.26. The molecule has 0 atom stereocenters. The average molecular weight is 193 g/mol. The standard InChI is InChI=1S/C8H10F3NO/c1-5(2)7-6(4-13-12-7)3-8(9,10)11/h4-5H,3H2,1-2H3. The summed E-state index contributed by atoms with van der Waals surface area (Å²) < 4.78 is 40.5. The molecule has 2 nitrogen and oxygen atoms in total. The van der Waals surface area contributed by atoms with Crippen molar-refractivity contribution in [2.24, 2.45) is 0 Å². The maximum Gasteiger partial charge on any atom is 0.393 e. The van der Waals surface area contributed by atoms with E-state index in [4.69, 9.17) is 0 Å². The summed E-state index contributed by atoms with van der Waals surface area (Å²) in [5.41, 5.74) is 0.514. The van der Waals surface area contributed by atoms with Crippen LogP contribution in [0.1, 0.15) is 31.0 Å². The van der Waals surface area contributed by atoms with Gasteiger partial charge in [0.25, 0.3) is 0 Å². The summed E-state index contributed by atoms with van der Waals surface area (Å²) >= 11 is 0. The zero-order chi connectivity index (χ0) is 10.1. The zero-order valence-corrected chi connectivity index (χ0v) is 7.35. The van der Waals surface area contributed by atoms with E-state index in [1.165, 1.54) is 0 Å². The molecule has 1 aromatic heterocycles. The van der Waals surface area contributed by atoms with Crippen LogP contribution in [0.15, 0.2) is 10.8 Å². The van der Waals surface area contributed by atoms with E-state index in [0.717, 1.165) is 6.26 Å². The minimum Gasteiger partial charge on any atom is -0.364 e. The van der Waals surface area contributed by atoms with E-state index in [2.05, 4.69) is 9.68 Å². The van der Waals surface area contributed by atoms with Gasteiger partial charge in [-0.25, -0.2) is 0 Å². The summed E-state index contributed by atoms with van der Waals surface area (Å²) in [7, 11) is 0. The summed E-state index contributed by atoms with van der Waals surface area (Å²) in [5.74, 6) is -0.0453. The first-order chi connectivity index (χ1) is 5.90. The topological polar surface area (TPSA) is 26.0 Å². The molecule has 0 aliphatic carbocycles. The second-order valence-corrected chi connectivity index (χ2v) is 3.17. The first kappa shape index (κ1) is 10.1. The number of alkyl halides is 3. The summed E-state index contributed by atoms with van der Waals surface area (Å²) in [6.07, 6.45) is -4.11. The predicted octanol–water partition coefficient (Wildman–Crippen LogP) is 2.90. The molecule has 0 saturated heterocycles. The first-order valence-electron chi connectivity index (χ1n) is 3.90. The van der Waals surface area contributed by atoms with Crippen molar-refractivity contribution in [3.63, 3.8) is 0 Å². The average Bonchev–Trinajstić information content (AvgIpc) is 2.31. The van der Waals surface area contributed by atoms with Crippen molar-refractivity contribution in [1.82, 2.24) is 5.16 Å². The molecule has 13 heavy (non-hydrogen) atoms. The van der Waals surface area contributed by atoms with Gasteiger partial charge >= 0.3 is 6.18 Å². The van der Waals surface area contributed by atoms with Crippen molar-refractivity contribution in [2.75, 3.05) is 0 Å². The van der Waals surface area contributed by atoms with Crippen LogP contribution in [-0.4, -0.2) is 11.3 Å². The Kier molecular flexibility index (Phi) is 2.63. The third-order valence-corrected chi connectivity index (χ3v) is 1.61. The Labute approximate surface area is 73.7 Å². The van der Waals surface area contributed by atoms with Gasteiger partial charge in [0.2, 0.25) is 0 Å². The smallest absolute Gasteiger partial charge is 0.364 e. The molecule has 1 heterocycles. The van der Waals surface area contributed by atoms with Crippen molar-refractivity contribution in [3.05, 3.63) is 17.5 Å². The van der Waals surface area contributed by atoms with E-state index in [-0.39, 0.29) is 11.5 Å². The van der Waals surface area contributed by atoms with E-state index in [1.807, 2.05) is 0 Å². The Morgan fingerprint density at radius 2 is 2.08 bits per heavy atom. The molecular formula is C8H10F3NO. The fraction of sp³-hybridized carbons (Fsp3) is 0.625. The molecule has 0 fully saturated rings. The minimum absolute atomic E-state index is 0.0453. The molecule has 0 aromatic carbocycles. The number of rotatable bonds is 2. The highest BCUT2D eigenvalue weighted by atomic mass is 19.4. The zero-order valence-electron chi connectivity index (χ0n) is 7.35. The van der Waals surface area contributed by atoms with Gasteiger partial charge in [0.15, 0.2) is 0 Å². The van der Waals surface area contributed by atoms with Crippen molar-refractivity contribution in [2.45, 2.75) is 32.4 Å². The monoisotopic (exact) mass is 193 g/mol. The van der Waals surface area contributed by atoms with Gasteiger partial charge in [-0.2, -0.15) is 13.2 Å². The highest BCUT2D eigenvalue weighted by Gasteiger charge is 2.30. The van der Waals surface area contributed by atoms with Crippen LogP contribution in [0.2, 0.25) is 0 Å². The molecule has 0 aliphatic heterocycles. The Morgan fingerprint density at radius 3 is 2.54 bits per heavy atom. The summed E-state index contributed by atoms with van der Waals surface area (Å²) in [5, 5.41) is 3.52. The van der Waals surface area contributed by atoms with Gasteiger partial charge < -0.3 is 4.52 Å². The highest BCUT2D eigenvalue weighted by molar-refractivity contribution is 5.18. The third kappa shape index (κ3) is 2.75. The second kappa shape index (κ2) is 3.40. The van der Waals surface area contributed by atoms with Crippen LogP contribution in [0.25, 0.3) is 0 Å². The molecule has 0 spiro atoms. The summed E-state index contributed by atoms with van der Waals surface area (Å²) in [4.78, 5) is 0. The molecule has 0 radical (unpaired) electrons. The lowest BCUT2D eigenvalue weighted by atomic mass is 10.0. The molecule has 74 valence electrons. The molecule has 5 heteroatoms. The lowest BCUT2D eigenvalue weighted by Crippen LogP contribution is -2.12. The van der Waals surface area contributed by atoms with E-state index in [9.17, 15) is 13.2 Å².